The SMILES string of the molecule is COCc1cc(-c2ccc(-c3ccc(CP)c(F)c3)cc2)c(COC)cc1CP. The molecule has 0 spiro atoms. The minimum atomic E-state index is -0.166. The highest BCUT2D eigenvalue weighted by Crippen LogP contribution is 2.32. The highest BCUT2D eigenvalue weighted by molar-refractivity contribution is 7.15. The van der Waals surface area contributed by atoms with Gasteiger partial charge in [-0.1, -0.05) is 42.5 Å². The van der Waals surface area contributed by atoms with Gasteiger partial charge >= 0.3 is 0 Å². The van der Waals surface area contributed by atoms with Gasteiger partial charge in [0.25, 0.3) is 0 Å². The summed E-state index contributed by atoms with van der Waals surface area (Å²) in [4.78, 5) is 0. The van der Waals surface area contributed by atoms with Crippen LogP contribution < -0.4 is 0 Å². The summed E-state index contributed by atoms with van der Waals surface area (Å²) >= 11 is 0. The fourth-order valence-electron chi connectivity index (χ4n) is 3.50. The van der Waals surface area contributed by atoms with Crippen molar-refractivity contribution in [2.75, 3.05) is 14.2 Å². The van der Waals surface area contributed by atoms with Gasteiger partial charge in [0.2, 0.25) is 0 Å². The van der Waals surface area contributed by atoms with E-state index < -0.39 is 0 Å². The third-order valence-electron chi connectivity index (χ3n) is 5.05. The molecule has 152 valence electrons. The summed E-state index contributed by atoms with van der Waals surface area (Å²) in [5.41, 5.74) is 8.40. The Balaban J connectivity index is 2.00. The van der Waals surface area contributed by atoms with E-state index in [1.165, 1.54) is 11.1 Å². The van der Waals surface area contributed by atoms with Crippen molar-refractivity contribution in [2.45, 2.75) is 25.5 Å². The van der Waals surface area contributed by atoms with Gasteiger partial charge in [0, 0.05) is 14.2 Å². The monoisotopic (exact) mass is 428 g/mol. The van der Waals surface area contributed by atoms with Crippen molar-refractivity contribution >= 4 is 18.5 Å². The second kappa shape index (κ2) is 10.4. The van der Waals surface area contributed by atoms with Crippen LogP contribution in [0.1, 0.15) is 22.3 Å². The van der Waals surface area contributed by atoms with Gasteiger partial charge in [0.15, 0.2) is 0 Å². The minimum Gasteiger partial charge on any atom is -0.380 e. The molecule has 0 saturated heterocycles. The summed E-state index contributed by atoms with van der Waals surface area (Å²) < 4.78 is 25.0. The zero-order valence-corrected chi connectivity index (χ0v) is 19.2. The van der Waals surface area contributed by atoms with E-state index in [0.29, 0.717) is 24.9 Å². The molecule has 2 nitrogen and oxygen atoms in total. The van der Waals surface area contributed by atoms with E-state index in [-0.39, 0.29) is 5.82 Å². The van der Waals surface area contributed by atoms with Crippen LogP contribution in [0.25, 0.3) is 22.3 Å². The standard InChI is InChI=1S/C24H27FO2P2/c1-26-12-20-10-23(21(13-27-2)9-22(20)15-29)17-5-3-16(4-6-17)18-7-8-19(14-28)24(25)11-18/h3-11H,12-15,28-29H2,1-2H3. The molecule has 0 heterocycles. The fourth-order valence-corrected chi connectivity index (χ4v) is 4.21. The van der Waals surface area contributed by atoms with E-state index in [2.05, 4.69) is 42.7 Å². The molecule has 3 aromatic rings. The fraction of sp³-hybridized carbons (Fsp3) is 0.250. The highest BCUT2D eigenvalue weighted by atomic mass is 31.0. The second-order valence-electron chi connectivity index (χ2n) is 6.94. The van der Waals surface area contributed by atoms with Gasteiger partial charge in [-0.2, -0.15) is 0 Å². The molecule has 0 saturated carbocycles. The van der Waals surface area contributed by atoms with Crippen LogP contribution in [0.5, 0.6) is 0 Å². The van der Waals surface area contributed by atoms with Crippen LogP contribution in [0, 0.1) is 5.82 Å². The summed E-state index contributed by atoms with van der Waals surface area (Å²) in [7, 11) is 8.77. The number of hydrogen-bond acceptors (Lipinski definition) is 2. The molecule has 3 aromatic carbocycles. The largest absolute Gasteiger partial charge is 0.380 e. The lowest BCUT2D eigenvalue weighted by molar-refractivity contribution is 0.182. The zero-order chi connectivity index (χ0) is 20.8. The molecule has 0 amide bonds. The van der Waals surface area contributed by atoms with E-state index in [0.717, 1.165) is 34.0 Å². The first-order valence-corrected chi connectivity index (χ1v) is 11.2. The molecule has 3 rings (SSSR count). The number of ether oxygens (including phenoxy) is 2. The van der Waals surface area contributed by atoms with Crippen LogP contribution in [0.2, 0.25) is 0 Å². The van der Waals surface area contributed by atoms with Gasteiger partial charge in [0.1, 0.15) is 5.82 Å². The maximum absolute atomic E-state index is 14.2. The van der Waals surface area contributed by atoms with Gasteiger partial charge in [-0.15, -0.1) is 18.5 Å². The molecule has 2 unspecified atom stereocenters. The molecule has 0 aromatic heterocycles. The van der Waals surface area contributed by atoms with Gasteiger partial charge in [-0.3, -0.25) is 0 Å². The molecule has 29 heavy (non-hydrogen) atoms. The molecule has 2 atom stereocenters. The summed E-state index contributed by atoms with van der Waals surface area (Å²) in [5, 5.41) is 0. The lowest BCUT2D eigenvalue weighted by Crippen LogP contribution is -2.00. The summed E-state index contributed by atoms with van der Waals surface area (Å²) in [6, 6.07) is 18.1. The molecule has 5 heteroatoms. The lowest BCUT2D eigenvalue weighted by Gasteiger charge is -2.16. The average molecular weight is 428 g/mol. The molecule has 0 N–H and O–H groups in total. The third kappa shape index (κ3) is 5.11. The minimum absolute atomic E-state index is 0.166. The second-order valence-corrected chi connectivity index (χ2v) is 7.75. The lowest BCUT2D eigenvalue weighted by atomic mass is 9.93. The van der Waals surface area contributed by atoms with Crippen LogP contribution in [-0.4, -0.2) is 14.2 Å². The van der Waals surface area contributed by atoms with Crippen LogP contribution >= 0.6 is 18.5 Å². The van der Waals surface area contributed by atoms with Crippen molar-refractivity contribution in [1.82, 2.24) is 0 Å². The van der Waals surface area contributed by atoms with Gasteiger partial charge < -0.3 is 9.47 Å². The first-order valence-electron chi connectivity index (χ1n) is 9.53. The van der Waals surface area contributed by atoms with Crippen LogP contribution in [0.3, 0.4) is 0 Å². The van der Waals surface area contributed by atoms with Crippen molar-refractivity contribution in [3.05, 3.63) is 82.7 Å². The van der Waals surface area contributed by atoms with Crippen molar-refractivity contribution in [3.8, 4) is 22.3 Å². The van der Waals surface area contributed by atoms with E-state index >= 15 is 0 Å². The Bertz CT molecular complexity index is 971. The third-order valence-corrected chi connectivity index (χ3v) is 5.93. The van der Waals surface area contributed by atoms with Crippen LogP contribution in [0.15, 0.2) is 54.6 Å². The molecular formula is C24H27FO2P2. The van der Waals surface area contributed by atoms with E-state index in [4.69, 9.17) is 9.47 Å². The number of hydrogen-bond donors (Lipinski definition) is 0. The molecule has 0 bridgehead atoms. The number of benzene rings is 3. The van der Waals surface area contributed by atoms with E-state index in [1.54, 1.807) is 20.3 Å². The Morgan fingerprint density at radius 2 is 1.24 bits per heavy atom. The molecule has 0 aliphatic heterocycles. The van der Waals surface area contributed by atoms with Crippen molar-refractivity contribution < 1.29 is 13.9 Å². The molecular weight excluding hydrogens is 401 g/mol. The quantitative estimate of drug-likeness (QED) is 0.398. The topological polar surface area (TPSA) is 18.5 Å². The first kappa shape index (κ1) is 22.1. The number of halogens is 1. The zero-order valence-electron chi connectivity index (χ0n) is 16.9. The average Bonchev–Trinajstić information content (AvgIpc) is 2.75. The first-order chi connectivity index (χ1) is 14.1. The maximum Gasteiger partial charge on any atom is 0.127 e. The van der Waals surface area contributed by atoms with Crippen LogP contribution in [-0.2, 0) is 35.0 Å². The Morgan fingerprint density at radius 1 is 0.655 bits per heavy atom. The molecule has 0 fully saturated rings. The molecule has 0 radical (unpaired) electrons. The van der Waals surface area contributed by atoms with Crippen molar-refractivity contribution in [2.24, 2.45) is 0 Å². The van der Waals surface area contributed by atoms with Crippen molar-refractivity contribution in [1.29, 1.82) is 0 Å². The van der Waals surface area contributed by atoms with Crippen LogP contribution in [0.4, 0.5) is 4.39 Å². The summed E-state index contributed by atoms with van der Waals surface area (Å²) in [5.74, 6) is -0.166. The molecule has 0 aliphatic carbocycles. The smallest absolute Gasteiger partial charge is 0.127 e. The Morgan fingerprint density at radius 3 is 1.83 bits per heavy atom. The highest BCUT2D eigenvalue weighted by Gasteiger charge is 2.12. The summed E-state index contributed by atoms with van der Waals surface area (Å²) in [6.07, 6.45) is 1.48. The van der Waals surface area contributed by atoms with Gasteiger partial charge in [-0.05, 0) is 69.0 Å². The molecule has 0 aliphatic rings. The van der Waals surface area contributed by atoms with Crippen molar-refractivity contribution in [3.63, 3.8) is 0 Å². The van der Waals surface area contributed by atoms with E-state index in [1.807, 2.05) is 24.3 Å². The predicted octanol–water partition coefficient (Wildman–Crippen LogP) is 6.20. The number of methoxy groups -OCH3 is 2. The van der Waals surface area contributed by atoms with Gasteiger partial charge in [0.05, 0.1) is 13.2 Å². The Hall–Kier alpha value is -1.63. The Labute approximate surface area is 177 Å². The number of rotatable bonds is 8. The summed E-state index contributed by atoms with van der Waals surface area (Å²) in [6.45, 7) is 1.12. The maximum atomic E-state index is 14.2. The Kier molecular flexibility index (Phi) is 7.92. The van der Waals surface area contributed by atoms with E-state index in [9.17, 15) is 4.39 Å². The predicted molar refractivity (Wildman–Crippen MR) is 126 cm³/mol. The van der Waals surface area contributed by atoms with Gasteiger partial charge in [-0.25, -0.2) is 4.39 Å². The normalized spacial score (nSPS) is 11.1.